The summed E-state index contributed by atoms with van der Waals surface area (Å²) in [5, 5.41) is 2.77. The highest BCUT2D eigenvalue weighted by atomic mass is 16.5. The molecular formula is C15H24N2O5. The van der Waals surface area contributed by atoms with Crippen molar-refractivity contribution in [2.24, 2.45) is 0 Å². The molecule has 0 bridgehead atoms. The summed E-state index contributed by atoms with van der Waals surface area (Å²) in [6, 6.07) is 0. The molecule has 0 unspecified atom stereocenters. The number of hydrogen-bond acceptors (Lipinski definition) is 5. The van der Waals surface area contributed by atoms with Crippen molar-refractivity contribution in [3.05, 3.63) is 12.2 Å². The summed E-state index contributed by atoms with van der Waals surface area (Å²) in [5.74, 6) is -0.516. The van der Waals surface area contributed by atoms with E-state index in [1.807, 2.05) is 0 Å². The van der Waals surface area contributed by atoms with E-state index in [4.69, 9.17) is 9.47 Å². The number of nitrogens with one attached hydrogen (secondary N) is 1. The van der Waals surface area contributed by atoms with Gasteiger partial charge in [0, 0.05) is 38.8 Å². The number of amides is 3. The first-order chi connectivity index (χ1) is 10.6. The molecule has 0 aliphatic carbocycles. The molecule has 0 aromatic rings. The van der Waals surface area contributed by atoms with Gasteiger partial charge in [-0.25, -0.2) is 0 Å². The molecule has 0 radical (unpaired) electrons. The van der Waals surface area contributed by atoms with Crippen LogP contribution in [-0.4, -0.2) is 62.6 Å². The van der Waals surface area contributed by atoms with Crippen molar-refractivity contribution in [2.75, 3.05) is 40.0 Å². The van der Waals surface area contributed by atoms with Crippen molar-refractivity contribution in [2.45, 2.75) is 25.7 Å². The SMILES string of the molecule is COCCOCCNC(=O)CCCCCN1C(=O)C=CC1=O. The lowest BCUT2D eigenvalue weighted by Crippen LogP contribution is -2.31. The molecule has 1 N–H and O–H groups in total. The van der Waals surface area contributed by atoms with Gasteiger partial charge in [-0.15, -0.1) is 0 Å². The van der Waals surface area contributed by atoms with E-state index in [9.17, 15) is 14.4 Å². The summed E-state index contributed by atoms with van der Waals surface area (Å²) in [5.41, 5.74) is 0. The summed E-state index contributed by atoms with van der Waals surface area (Å²) in [6.45, 7) is 2.45. The van der Waals surface area contributed by atoms with Crippen LogP contribution in [0.3, 0.4) is 0 Å². The first kappa shape index (κ1) is 18.3. The van der Waals surface area contributed by atoms with Crippen LogP contribution in [0, 0.1) is 0 Å². The van der Waals surface area contributed by atoms with Crippen molar-refractivity contribution in [1.82, 2.24) is 10.2 Å². The minimum atomic E-state index is -0.254. The third kappa shape index (κ3) is 7.33. The van der Waals surface area contributed by atoms with Gasteiger partial charge in [-0.1, -0.05) is 6.42 Å². The normalized spacial score (nSPS) is 14.0. The van der Waals surface area contributed by atoms with Gasteiger partial charge in [0.2, 0.25) is 5.91 Å². The summed E-state index contributed by atoms with van der Waals surface area (Å²) in [7, 11) is 1.61. The number of ether oxygens (including phenoxy) is 2. The summed E-state index contributed by atoms with van der Waals surface area (Å²) < 4.78 is 10.1. The monoisotopic (exact) mass is 312 g/mol. The zero-order valence-corrected chi connectivity index (χ0v) is 13.0. The van der Waals surface area contributed by atoms with Crippen LogP contribution in [0.2, 0.25) is 0 Å². The largest absolute Gasteiger partial charge is 0.382 e. The number of unbranched alkanes of at least 4 members (excludes halogenated alkanes) is 2. The van der Waals surface area contributed by atoms with E-state index < -0.39 is 0 Å². The Labute approximate surface area is 130 Å². The molecule has 0 aromatic heterocycles. The quantitative estimate of drug-likeness (QED) is 0.412. The standard InChI is InChI=1S/C15H24N2O5/c1-21-11-12-22-10-8-16-13(18)5-3-2-4-9-17-14(19)6-7-15(17)20/h6-7H,2-5,8-12H2,1H3,(H,16,18). The molecule has 7 heteroatoms. The number of methoxy groups -OCH3 is 1. The lowest BCUT2D eigenvalue weighted by atomic mass is 10.2. The van der Waals surface area contributed by atoms with Crippen molar-refractivity contribution < 1.29 is 23.9 Å². The van der Waals surface area contributed by atoms with E-state index in [-0.39, 0.29) is 17.7 Å². The second-order valence-electron chi connectivity index (χ2n) is 4.93. The Kier molecular flexibility index (Phi) is 9.09. The Balaban J connectivity index is 1.92. The maximum Gasteiger partial charge on any atom is 0.253 e. The predicted molar refractivity (Wildman–Crippen MR) is 80.0 cm³/mol. The van der Waals surface area contributed by atoms with Crippen LogP contribution in [0.25, 0.3) is 0 Å². The van der Waals surface area contributed by atoms with Crippen LogP contribution in [0.15, 0.2) is 12.2 Å². The van der Waals surface area contributed by atoms with Gasteiger partial charge in [0.15, 0.2) is 0 Å². The number of rotatable bonds is 12. The van der Waals surface area contributed by atoms with Crippen LogP contribution < -0.4 is 5.32 Å². The third-order valence-corrected chi connectivity index (χ3v) is 3.19. The Morgan fingerprint density at radius 2 is 1.82 bits per heavy atom. The molecule has 0 aromatic carbocycles. The lowest BCUT2D eigenvalue weighted by molar-refractivity contribution is -0.136. The van der Waals surface area contributed by atoms with Crippen LogP contribution in [0.4, 0.5) is 0 Å². The highest BCUT2D eigenvalue weighted by Crippen LogP contribution is 2.07. The van der Waals surface area contributed by atoms with Crippen LogP contribution in [0.5, 0.6) is 0 Å². The summed E-state index contributed by atoms with van der Waals surface area (Å²) in [4.78, 5) is 35.4. The van der Waals surface area contributed by atoms with E-state index in [2.05, 4.69) is 5.32 Å². The maximum atomic E-state index is 11.5. The minimum absolute atomic E-state index is 0.00895. The van der Waals surface area contributed by atoms with Gasteiger partial charge in [0.1, 0.15) is 0 Å². The van der Waals surface area contributed by atoms with Gasteiger partial charge >= 0.3 is 0 Å². The molecule has 0 fully saturated rings. The molecule has 7 nitrogen and oxygen atoms in total. The van der Waals surface area contributed by atoms with Crippen LogP contribution in [-0.2, 0) is 23.9 Å². The average molecular weight is 312 g/mol. The molecule has 0 spiro atoms. The lowest BCUT2D eigenvalue weighted by Gasteiger charge is -2.13. The third-order valence-electron chi connectivity index (χ3n) is 3.19. The molecule has 1 heterocycles. The number of hydrogen-bond donors (Lipinski definition) is 1. The predicted octanol–water partition coefficient (Wildman–Crippen LogP) is 0.251. The maximum absolute atomic E-state index is 11.5. The van der Waals surface area contributed by atoms with E-state index in [0.717, 1.165) is 12.8 Å². The fourth-order valence-electron chi connectivity index (χ4n) is 1.98. The molecule has 22 heavy (non-hydrogen) atoms. The Morgan fingerprint density at radius 3 is 2.50 bits per heavy atom. The minimum Gasteiger partial charge on any atom is -0.382 e. The highest BCUT2D eigenvalue weighted by Gasteiger charge is 2.22. The van der Waals surface area contributed by atoms with Crippen molar-refractivity contribution in [3.8, 4) is 0 Å². The van der Waals surface area contributed by atoms with Crippen molar-refractivity contribution >= 4 is 17.7 Å². The Morgan fingerprint density at radius 1 is 1.09 bits per heavy atom. The second-order valence-corrected chi connectivity index (χ2v) is 4.93. The van der Waals surface area contributed by atoms with Gasteiger partial charge in [0.05, 0.1) is 19.8 Å². The van der Waals surface area contributed by atoms with Gasteiger partial charge < -0.3 is 14.8 Å². The Hall–Kier alpha value is -1.73. The zero-order valence-electron chi connectivity index (χ0n) is 13.0. The number of imide groups is 1. The fourth-order valence-corrected chi connectivity index (χ4v) is 1.98. The van der Waals surface area contributed by atoms with Gasteiger partial charge in [-0.2, -0.15) is 0 Å². The number of carbonyl (C=O) groups is 3. The molecule has 0 saturated heterocycles. The molecule has 0 atom stereocenters. The molecule has 3 amide bonds. The number of carbonyl (C=O) groups excluding carboxylic acids is 3. The van der Waals surface area contributed by atoms with Crippen molar-refractivity contribution in [3.63, 3.8) is 0 Å². The Bertz CT molecular complexity index is 391. The molecule has 1 aliphatic rings. The summed E-state index contributed by atoms with van der Waals surface area (Å²) in [6.07, 6.45) is 5.26. The molecule has 124 valence electrons. The topological polar surface area (TPSA) is 84.9 Å². The van der Waals surface area contributed by atoms with E-state index >= 15 is 0 Å². The van der Waals surface area contributed by atoms with Crippen LogP contribution >= 0.6 is 0 Å². The summed E-state index contributed by atoms with van der Waals surface area (Å²) >= 11 is 0. The van der Waals surface area contributed by atoms with Gasteiger partial charge in [0.25, 0.3) is 11.8 Å². The van der Waals surface area contributed by atoms with E-state index in [0.29, 0.717) is 45.8 Å². The smallest absolute Gasteiger partial charge is 0.253 e. The van der Waals surface area contributed by atoms with E-state index in [1.165, 1.54) is 17.1 Å². The van der Waals surface area contributed by atoms with Gasteiger partial charge in [-0.3, -0.25) is 19.3 Å². The first-order valence-electron chi connectivity index (χ1n) is 7.52. The first-order valence-corrected chi connectivity index (χ1v) is 7.52. The zero-order chi connectivity index (χ0) is 16.2. The number of nitrogens with zero attached hydrogens (tertiary/aromatic N) is 1. The van der Waals surface area contributed by atoms with E-state index in [1.54, 1.807) is 7.11 Å². The van der Waals surface area contributed by atoms with Crippen molar-refractivity contribution in [1.29, 1.82) is 0 Å². The fraction of sp³-hybridized carbons (Fsp3) is 0.667. The average Bonchev–Trinajstić information content (AvgIpc) is 2.82. The molecule has 1 rings (SSSR count). The van der Waals surface area contributed by atoms with Gasteiger partial charge in [-0.05, 0) is 12.8 Å². The molecular weight excluding hydrogens is 288 g/mol. The second kappa shape index (κ2) is 10.9. The molecule has 0 saturated carbocycles. The molecule has 1 aliphatic heterocycles. The van der Waals surface area contributed by atoms with Crippen LogP contribution in [0.1, 0.15) is 25.7 Å². The highest BCUT2D eigenvalue weighted by molar-refractivity contribution is 6.12.